The summed E-state index contributed by atoms with van der Waals surface area (Å²) in [5.74, 6) is 1.51. The number of anilines is 2. The third-order valence-electron chi connectivity index (χ3n) is 5.43. The lowest BCUT2D eigenvalue weighted by atomic mass is 9.95. The SMILES string of the molecule is CC1CCN(c2ccc(CNC(=O)c3cccc(NC(=O)C(C)(C)C)c3)cn2)CC1. The Morgan fingerprint density at radius 2 is 1.87 bits per heavy atom. The summed E-state index contributed by atoms with van der Waals surface area (Å²) in [6, 6.07) is 11.0. The molecule has 0 saturated carbocycles. The van der Waals surface area contributed by atoms with Gasteiger partial charge in [-0.15, -0.1) is 0 Å². The van der Waals surface area contributed by atoms with Gasteiger partial charge in [-0.25, -0.2) is 4.98 Å². The van der Waals surface area contributed by atoms with Crippen LogP contribution in [0.3, 0.4) is 0 Å². The van der Waals surface area contributed by atoms with E-state index in [2.05, 4.69) is 27.4 Å². The minimum absolute atomic E-state index is 0.0885. The van der Waals surface area contributed by atoms with Gasteiger partial charge in [0.25, 0.3) is 5.91 Å². The largest absolute Gasteiger partial charge is 0.357 e. The summed E-state index contributed by atoms with van der Waals surface area (Å²) in [4.78, 5) is 31.6. The Morgan fingerprint density at radius 3 is 2.50 bits per heavy atom. The van der Waals surface area contributed by atoms with Crippen molar-refractivity contribution in [1.29, 1.82) is 0 Å². The average molecular weight is 409 g/mol. The normalized spacial score (nSPS) is 15.0. The molecule has 1 aromatic carbocycles. The van der Waals surface area contributed by atoms with E-state index in [1.54, 1.807) is 24.3 Å². The highest BCUT2D eigenvalue weighted by Gasteiger charge is 2.21. The van der Waals surface area contributed by atoms with E-state index in [0.29, 0.717) is 17.8 Å². The van der Waals surface area contributed by atoms with E-state index in [1.165, 1.54) is 12.8 Å². The maximum absolute atomic E-state index is 12.5. The molecule has 1 fully saturated rings. The maximum Gasteiger partial charge on any atom is 0.251 e. The highest BCUT2D eigenvalue weighted by molar-refractivity contribution is 5.98. The number of nitrogens with zero attached hydrogens (tertiary/aromatic N) is 2. The molecular formula is C24H32N4O2. The van der Waals surface area contributed by atoms with Crippen LogP contribution in [0.5, 0.6) is 0 Å². The lowest BCUT2D eigenvalue weighted by molar-refractivity contribution is -0.123. The molecule has 2 amide bonds. The molecule has 0 aliphatic carbocycles. The molecule has 1 aliphatic heterocycles. The predicted molar refractivity (Wildman–Crippen MR) is 121 cm³/mol. The molecule has 1 aliphatic rings. The summed E-state index contributed by atoms with van der Waals surface area (Å²) in [6.45, 7) is 10.4. The van der Waals surface area contributed by atoms with Crippen LogP contribution in [0.15, 0.2) is 42.6 Å². The highest BCUT2D eigenvalue weighted by atomic mass is 16.2. The van der Waals surface area contributed by atoms with Gasteiger partial charge in [-0.05, 0) is 48.6 Å². The summed E-state index contributed by atoms with van der Waals surface area (Å²) < 4.78 is 0. The molecule has 6 nitrogen and oxygen atoms in total. The van der Waals surface area contributed by atoms with Gasteiger partial charge in [-0.2, -0.15) is 0 Å². The molecule has 30 heavy (non-hydrogen) atoms. The monoisotopic (exact) mass is 408 g/mol. The van der Waals surface area contributed by atoms with E-state index in [-0.39, 0.29) is 11.8 Å². The highest BCUT2D eigenvalue weighted by Crippen LogP contribution is 2.21. The minimum Gasteiger partial charge on any atom is -0.357 e. The third-order valence-corrected chi connectivity index (χ3v) is 5.43. The molecule has 0 radical (unpaired) electrons. The van der Waals surface area contributed by atoms with Crippen LogP contribution in [0.25, 0.3) is 0 Å². The molecule has 2 N–H and O–H groups in total. The molecule has 6 heteroatoms. The van der Waals surface area contributed by atoms with Crippen molar-refractivity contribution in [2.45, 2.75) is 47.1 Å². The van der Waals surface area contributed by atoms with Gasteiger partial charge in [0.2, 0.25) is 5.91 Å². The standard InChI is InChI=1S/C24H32N4O2/c1-17-10-12-28(13-11-17)21-9-8-18(15-25-21)16-26-22(29)19-6-5-7-20(14-19)27-23(30)24(2,3)4/h5-9,14-15,17H,10-13,16H2,1-4H3,(H,26,29)(H,27,30). The fourth-order valence-corrected chi connectivity index (χ4v) is 3.29. The Morgan fingerprint density at radius 1 is 1.13 bits per heavy atom. The van der Waals surface area contributed by atoms with Crippen molar-refractivity contribution in [3.05, 3.63) is 53.7 Å². The van der Waals surface area contributed by atoms with E-state index < -0.39 is 5.41 Å². The van der Waals surface area contributed by atoms with Crippen molar-refractivity contribution in [2.24, 2.45) is 11.3 Å². The summed E-state index contributed by atoms with van der Waals surface area (Å²) in [7, 11) is 0. The number of rotatable bonds is 5. The van der Waals surface area contributed by atoms with Crippen molar-refractivity contribution in [2.75, 3.05) is 23.3 Å². The van der Waals surface area contributed by atoms with E-state index in [1.807, 2.05) is 39.1 Å². The van der Waals surface area contributed by atoms with Crippen LogP contribution in [-0.2, 0) is 11.3 Å². The summed E-state index contributed by atoms with van der Waals surface area (Å²) >= 11 is 0. The number of amides is 2. The Labute approximate surface area is 179 Å². The maximum atomic E-state index is 12.5. The molecule has 0 bridgehead atoms. The van der Waals surface area contributed by atoms with Gasteiger partial charge in [-0.3, -0.25) is 9.59 Å². The fraction of sp³-hybridized carbons (Fsp3) is 0.458. The van der Waals surface area contributed by atoms with Crippen LogP contribution in [0.1, 0.15) is 56.5 Å². The van der Waals surface area contributed by atoms with Gasteiger partial charge in [-0.1, -0.05) is 39.8 Å². The number of pyridine rings is 1. The van der Waals surface area contributed by atoms with Gasteiger partial charge in [0.15, 0.2) is 0 Å². The molecule has 3 rings (SSSR count). The Hall–Kier alpha value is -2.89. The van der Waals surface area contributed by atoms with Crippen molar-refractivity contribution in [1.82, 2.24) is 10.3 Å². The quantitative estimate of drug-likeness (QED) is 0.776. The van der Waals surface area contributed by atoms with Gasteiger partial charge < -0.3 is 15.5 Å². The number of nitrogens with one attached hydrogen (secondary N) is 2. The zero-order valence-corrected chi connectivity index (χ0v) is 18.4. The summed E-state index contributed by atoms with van der Waals surface area (Å²) in [5.41, 5.74) is 1.58. The fourth-order valence-electron chi connectivity index (χ4n) is 3.29. The number of piperidine rings is 1. The number of carbonyl (C=O) groups excluding carboxylic acids is 2. The zero-order chi connectivity index (χ0) is 21.7. The van der Waals surface area contributed by atoms with Gasteiger partial charge in [0.05, 0.1) is 0 Å². The second kappa shape index (κ2) is 9.28. The summed E-state index contributed by atoms with van der Waals surface area (Å²) in [6.07, 6.45) is 4.23. The number of carbonyl (C=O) groups is 2. The van der Waals surface area contributed by atoms with E-state index in [4.69, 9.17) is 0 Å². The lowest BCUT2D eigenvalue weighted by Crippen LogP contribution is -2.33. The first-order valence-electron chi connectivity index (χ1n) is 10.6. The number of hydrogen-bond acceptors (Lipinski definition) is 4. The second-order valence-electron chi connectivity index (χ2n) is 9.16. The molecule has 160 valence electrons. The van der Waals surface area contributed by atoms with Gasteiger partial charge >= 0.3 is 0 Å². The first-order valence-corrected chi connectivity index (χ1v) is 10.6. The molecule has 1 aromatic heterocycles. The van der Waals surface area contributed by atoms with Gasteiger partial charge in [0.1, 0.15) is 5.82 Å². The Bertz CT molecular complexity index is 879. The number of hydrogen-bond donors (Lipinski definition) is 2. The van der Waals surface area contributed by atoms with Crippen LogP contribution >= 0.6 is 0 Å². The molecule has 0 unspecified atom stereocenters. The van der Waals surface area contributed by atoms with Crippen LogP contribution < -0.4 is 15.5 Å². The number of aromatic nitrogens is 1. The predicted octanol–water partition coefficient (Wildman–Crippen LogP) is 4.23. The van der Waals surface area contributed by atoms with Crippen molar-refractivity contribution >= 4 is 23.3 Å². The van der Waals surface area contributed by atoms with Crippen LogP contribution in [0.2, 0.25) is 0 Å². The average Bonchev–Trinajstić information content (AvgIpc) is 2.72. The minimum atomic E-state index is -0.496. The van der Waals surface area contributed by atoms with Crippen LogP contribution in [0.4, 0.5) is 11.5 Å². The first kappa shape index (κ1) is 21.8. The molecule has 2 aromatic rings. The molecule has 2 heterocycles. The third kappa shape index (κ3) is 5.81. The lowest BCUT2D eigenvalue weighted by Gasteiger charge is -2.31. The molecule has 0 atom stereocenters. The van der Waals surface area contributed by atoms with Crippen LogP contribution in [0, 0.1) is 11.3 Å². The topological polar surface area (TPSA) is 74.3 Å². The van der Waals surface area contributed by atoms with Crippen LogP contribution in [-0.4, -0.2) is 29.9 Å². The van der Waals surface area contributed by atoms with Crippen molar-refractivity contribution in [3.63, 3.8) is 0 Å². The molecule has 0 spiro atoms. The van der Waals surface area contributed by atoms with E-state index in [9.17, 15) is 9.59 Å². The molecule has 1 saturated heterocycles. The Balaban J connectivity index is 1.55. The second-order valence-corrected chi connectivity index (χ2v) is 9.16. The zero-order valence-electron chi connectivity index (χ0n) is 18.4. The van der Waals surface area contributed by atoms with Crippen molar-refractivity contribution in [3.8, 4) is 0 Å². The smallest absolute Gasteiger partial charge is 0.251 e. The van der Waals surface area contributed by atoms with E-state index >= 15 is 0 Å². The number of benzene rings is 1. The van der Waals surface area contributed by atoms with Crippen molar-refractivity contribution < 1.29 is 9.59 Å². The van der Waals surface area contributed by atoms with Gasteiger partial charge in [0, 0.05) is 42.5 Å². The first-order chi connectivity index (χ1) is 14.2. The Kier molecular flexibility index (Phi) is 6.75. The van der Waals surface area contributed by atoms with E-state index in [0.717, 1.165) is 30.4 Å². The molecular weight excluding hydrogens is 376 g/mol. The summed E-state index contributed by atoms with van der Waals surface area (Å²) in [5, 5.41) is 5.78.